The lowest BCUT2D eigenvalue weighted by Crippen LogP contribution is -2.72. The zero-order valence-electron chi connectivity index (χ0n) is 19.1. The Morgan fingerprint density at radius 1 is 0.853 bits per heavy atom. The summed E-state index contributed by atoms with van der Waals surface area (Å²) in [5.74, 6) is -2.06. The number of amides is 2. The first-order valence-corrected chi connectivity index (χ1v) is 10.6. The van der Waals surface area contributed by atoms with E-state index in [1.807, 2.05) is 24.3 Å². The van der Waals surface area contributed by atoms with Crippen LogP contribution in [-0.2, 0) is 41.8 Å². The summed E-state index contributed by atoms with van der Waals surface area (Å²) in [5.41, 5.74) is 1.97. The van der Waals surface area contributed by atoms with Crippen LogP contribution in [0.2, 0.25) is 0 Å². The summed E-state index contributed by atoms with van der Waals surface area (Å²) < 4.78 is 15.8. The van der Waals surface area contributed by atoms with Gasteiger partial charge in [0.15, 0.2) is 6.04 Å². The highest BCUT2D eigenvalue weighted by Gasteiger charge is 2.54. The molecule has 0 radical (unpaired) electrons. The zero-order valence-corrected chi connectivity index (χ0v) is 19.1. The molecule has 1 fully saturated rings. The maximum absolute atomic E-state index is 12.9. The van der Waals surface area contributed by atoms with Crippen LogP contribution in [0, 0.1) is 0 Å². The summed E-state index contributed by atoms with van der Waals surface area (Å²) in [6.45, 7) is 4.44. The number of carbonyl (C=O) groups excluding carboxylic acids is 4. The van der Waals surface area contributed by atoms with Crippen molar-refractivity contribution in [2.45, 2.75) is 46.3 Å². The van der Waals surface area contributed by atoms with Crippen LogP contribution in [0.15, 0.2) is 71.9 Å². The van der Waals surface area contributed by atoms with Gasteiger partial charge in [-0.2, -0.15) is 0 Å². The van der Waals surface area contributed by atoms with Gasteiger partial charge in [0.1, 0.15) is 18.9 Å². The van der Waals surface area contributed by atoms with E-state index in [4.69, 9.17) is 14.2 Å². The fourth-order valence-corrected chi connectivity index (χ4v) is 3.35. The maximum Gasteiger partial charge on any atom is 0.408 e. The molecule has 3 rings (SSSR count). The molecule has 0 bridgehead atoms. The Morgan fingerprint density at radius 3 is 1.88 bits per heavy atom. The first-order chi connectivity index (χ1) is 16.3. The molecule has 1 aliphatic rings. The van der Waals surface area contributed by atoms with Crippen LogP contribution in [0.1, 0.15) is 31.9 Å². The van der Waals surface area contributed by atoms with E-state index in [9.17, 15) is 19.2 Å². The number of esters is 2. The maximum atomic E-state index is 12.9. The number of rotatable bonds is 8. The van der Waals surface area contributed by atoms with Gasteiger partial charge in [-0.15, -0.1) is 0 Å². The second kappa shape index (κ2) is 11.1. The largest absolute Gasteiger partial charge is 0.456 e. The van der Waals surface area contributed by atoms with Gasteiger partial charge in [-0.3, -0.25) is 14.5 Å². The highest BCUT2D eigenvalue weighted by Crippen LogP contribution is 2.29. The van der Waals surface area contributed by atoms with Crippen LogP contribution in [0.4, 0.5) is 4.79 Å². The van der Waals surface area contributed by atoms with Crippen LogP contribution >= 0.6 is 0 Å². The predicted molar refractivity (Wildman–Crippen MR) is 121 cm³/mol. The highest BCUT2D eigenvalue weighted by atomic mass is 16.6. The fraction of sp³-hybridized carbons (Fsp3) is 0.280. The van der Waals surface area contributed by atoms with Crippen molar-refractivity contribution in [3.63, 3.8) is 0 Å². The molecule has 1 heterocycles. The number of hydrogen-bond acceptors (Lipinski definition) is 7. The lowest BCUT2D eigenvalue weighted by molar-refractivity contribution is -0.187. The molecular weight excluding hydrogens is 440 g/mol. The molecule has 9 nitrogen and oxygen atoms in total. The van der Waals surface area contributed by atoms with Crippen molar-refractivity contribution < 1.29 is 33.4 Å². The predicted octanol–water partition coefficient (Wildman–Crippen LogP) is 3.05. The van der Waals surface area contributed by atoms with Crippen molar-refractivity contribution in [1.29, 1.82) is 0 Å². The molecule has 1 aliphatic heterocycles. The van der Waals surface area contributed by atoms with Gasteiger partial charge in [0, 0.05) is 6.92 Å². The molecule has 2 aromatic rings. The number of β-lactam (4-membered cyclic amide) rings is 1. The molecular formula is C25H26N2O7. The minimum atomic E-state index is -1.22. The Labute approximate surface area is 197 Å². The second-order valence-corrected chi connectivity index (χ2v) is 7.80. The molecule has 2 atom stereocenters. The Morgan fingerprint density at radius 2 is 1.38 bits per heavy atom. The van der Waals surface area contributed by atoms with Gasteiger partial charge >= 0.3 is 18.0 Å². The Hall–Kier alpha value is -4.14. The molecule has 1 N–H and O–H groups in total. The number of alkyl carbamates (subject to hydrolysis) is 1. The normalized spacial score (nSPS) is 16.7. The van der Waals surface area contributed by atoms with Crippen molar-refractivity contribution >= 4 is 23.9 Å². The quantitative estimate of drug-likeness (QED) is 0.275. The van der Waals surface area contributed by atoms with Crippen LogP contribution < -0.4 is 5.32 Å². The molecule has 34 heavy (non-hydrogen) atoms. The van der Waals surface area contributed by atoms with Gasteiger partial charge in [-0.1, -0.05) is 60.7 Å². The molecule has 178 valence electrons. The molecule has 9 heteroatoms. The lowest BCUT2D eigenvalue weighted by atomic mass is 10.0. The van der Waals surface area contributed by atoms with E-state index in [0.717, 1.165) is 16.0 Å². The fourth-order valence-electron chi connectivity index (χ4n) is 3.35. The lowest BCUT2D eigenvalue weighted by Gasteiger charge is -2.45. The number of carbonyl (C=O) groups is 4. The molecule has 0 aliphatic carbocycles. The number of likely N-dealkylation sites (tertiary alicyclic amines) is 1. The Balaban J connectivity index is 1.68. The standard InChI is InChI=1S/C25H26N2O7/c1-16(2)21(24(30)32-14-18-10-6-4-7-11-18)27-22(29)20(23(27)34-17(3)28)26-25(31)33-15-19-12-8-5-9-13-19/h4-13,20,23H,14-15H2,1-3H3,(H,26,31)/t20-,23+/m1/s1. The third-order valence-corrected chi connectivity index (χ3v) is 4.94. The minimum Gasteiger partial charge on any atom is -0.456 e. The third-order valence-electron chi connectivity index (χ3n) is 4.94. The van der Waals surface area contributed by atoms with Crippen LogP contribution in [0.5, 0.6) is 0 Å². The second-order valence-electron chi connectivity index (χ2n) is 7.80. The Kier molecular flexibility index (Phi) is 8.02. The van der Waals surface area contributed by atoms with Crippen molar-refractivity contribution in [2.75, 3.05) is 0 Å². The van der Waals surface area contributed by atoms with E-state index >= 15 is 0 Å². The molecule has 0 spiro atoms. The summed E-state index contributed by atoms with van der Waals surface area (Å²) in [7, 11) is 0. The molecule has 2 aromatic carbocycles. The van der Waals surface area contributed by atoms with E-state index in [1.54, 1.807) is 50.2 Å². The third kappa shape index (κ3) is 6.00. The van der Waals surface area contributed by atoms with Gasteiger partial charge in [0.25, 0.3) is 5.91 Å². The van der Waals surface area contributed by atoms with Gasteiger partial charge in [0.2, 0.25) is 6.23 Å². The smallest absolute Gasteiger partial charge is 0.408 e. The van der Waals surface area contributed by atoms with Crippen molar-refractivity contribution in [3.8, 4) is 0 Å². The topological polar surface area (TPSA) is 111 Å². The summed E-state index contributed by atoms with van der Waals surface area (Å²) in [4.78, 5) is 50.7. The summed E-state index contributed by atoms with van der Waals surface area (Å²) in [6, 6.07) is 16.9. The van der Waals surface area contributed by atoms with Gasteiger partial charge in [-0.25, -0.2) is 9.59 Å². The van der Waals surface area contributed by atoms with E-state index < -0.39 is 36.2 Å². The SMILES string of the molecule is CC(=O)O[C@H]1[C@H](NC(=O)OCc2ccccc2)C(=O)N1C(C(=O)OCc1ccccc1)=C(C)C. The van der Waals surface area contributed by atoms with E-state index in [1.165, 1.54) is 6.92 Å². The molecule has 0 unspecified atom stereocenters. The van der Waals surface area contributed by atoms with Gasteiger partial charge in [0.05, 0.1) is 0 Å². The summed E-state index contributed by atoms with van der Waals surface area (Å²) in [5, 5.41) is 2.41. The van der Waals surface area contributed by atoms with Crippen LogP contribution in [0.25, 0.3) is 0 Å². The number of nitrogens with zero attached hydrogens (tertiary/aromatic N) is 1. The minimum absolute atomic E-state index is 0.000559. The van der Waals surface area contributed by atoms with Crippen molar-refractivity contribution in [2.24, 2.45) is 0 Å². The first-order valence-electron chi connectivity index (χ1n) is 10.6. The number of allylic oxidation sites excluding steroid dienone is 1. The van der Waals surface area contributed by atoms with E-state index in [-0.39, 0.29) is 18.9 Å². The molecule has 2 amide bonds. The van der Waals surface area contributed by atoms with Crippen LogP contribution in [-0.4, -0.2) is 41.1 Å². The summed E-state index contributed by atoms with van der Waals surface area (Å²) in [6.07, 6.45) is -2.08. The molecule has 1 saturated heterocycles. The van der Waals surface area contributed by atoms with Crippen LogP contribution in [0.3, 0.4) is 0 Å². The summed E-state index contributed by atoms with van der Waals surface area (Å²) >= 11 is 0. The number of ether oxygens (including phenoxy) is 3. The zero-order chi connectivity index (χ0) is 24.7. The average Bonchev–Trinajstić information content (AvgIpc) is 2.83. The number of hydrogen-bond donors (Lipinski definition) is 1. The first kappa shape index (κ1) is 24.5. The van der Waals surface area contributed by atoms with Gasteiger partial charge < -0.3 is 19.5 Å². The molecule has 0 saturated carbocycles. The highest BCUT2D eigenvalue weighted by molar-refractivity contribution is 6.01. The Bertz CT molecular complexity index is 1080. The number of benzene rings is 2. The number of nitrogens with one attached hydrogen (secondary N) is 1. The van der Waals surface area contributed by atoms with E-state index in [0.29, 0.717) is 5.57 Å². The molecule has 0 aromatic heterocycles. The van der Waals surface area contributed by atoms with E-state index in [2.05, 4.69) is 5.32 Å². The van der Waals surface area contributed by atoms with Gasteiger partial charge in [-0.05, 0) is 30.5 Å². The van der Waals surface area contributed by atoms with Crippen molar-refractivity contribution in [1.82, 2.24) is 10.2 Å². The monoisotopic (exact) mass is 466 g/mol. The average molecular weight is 466 g/mol. The van der Waals surface area contributed by atoms with Crippen molar-refractivity contribution in [3.05, 3.63) is 83.1 Å².